The summed E-state index contributed by atoms with van der Waals surface area (Å²) < 4.78 is 68.9. The van der Waals surface area contributed by atoms with Crippen molar-refractivity contribution < 1.29 is 55.4 Å². The summed E-state index contributed by atoms with van der Waals surface area (Å²) >= 11 is 0. The lowest BCUT2D eigenvalue weighted by atomic mass is 9.74. The molecule has 2 aromatic heterocycles. The molecule has 2 fully saturated rings. The minimum atomic E-state index is -5.08. The first-order valence-electron chi connectivity index (χ1n) is 10.7. The van der Waals surface area contributed by atoms with Gasteiger partial charge in [-0.3, -0.25) is 14.7 Å². The fourth-order valence-electron chi connectivity index (χ4n) is 4.04. The standard InChI is InChI=1S/C18H21N3O2.2C2HF3O2/c22-17-12-16(14-3-7-19-8-4-14)18(20-17)5-9-21(10-6-18)13-15-2-1-11-23-15;2*3-2(4,5)1(6)7/h1-4,7-8,11,16H,5-6,9-10,12-13H2,(H,20,22);2*(H,6,7). The largest absolute Gasteiger partial charge is 0.490 e. The molecule has 9 nitrogen and oxygen atoms in total. The van der Waals surface area contributed by atoms with E-state index in [0.717, 1.165) is 38.2 Å². The molecule has 0 radical (unpaired) electrons. The molecule has 0 aromatic carbocycles. The van der Waals surface area contributed by atoms with E-state index in [9.17, 15) is 31.1 Å². The molecule has 1 unspecified atom stereocenters. The summed E-state index contributed by atoms with van der Waals surface area (Å²) in [6.07, 6.45) is -2.27. The summed E-state index contributed by atoms with van der Waals surface area (Å²) in [7, 11) is 0. The number of carbonyl (C=O) groups is 3. The second kappa shape index (κ2) is 12.1. The van der Waals surface area contributed by atoms with Gasteiger partial charge in [0.15, 0.2) is 0 Å². The molecule has 0 bridgehead atoms. The maximum Gasteiger partial charge on any atom is 0.490 e. The van der Waals surface area contributed by atoms with E-state index in [1.165, 1.54) is 5.56 Å². The first-order valence-corrected chi connectivity index (χ1v) is 10.7. The normalized spacial score (nSPS) is 19.2. The van der Waals surface area contributed by atoms with E-state index in [1.807, 2.05) is 36.7 Å². The van der Waals surface area contributed by atoms with Crippen LogP contribution in [0, 0.1) is 0 Å². The molecular formula is C22H23F6N3O6. The number of hydrogen-bond donors (Lipinski definition) is 3. The highest BCUT2D eigenvalue weighted by Crippen LogP contribution is 2.43. The number of aliphatic carboxylic acids is 2. The van der Waals surface area contributed by atoms with Crippen LogP contribution in [-0.2, 0) is 20.9 Å². The highest BCUT2D eigenvalue weighted by Gasteiger charge is 2.48. The van der Waals surface area contributed by atoms with Gasteiger partial charge in [-0.2, -0.15) is 26.3 Å². The highest BCUT2D eigenvalue weighted by atomic mass is 19.4. The number of furan rings is 1. The Morgan fingerprint density at radius 3 is 1.97 bits per heavy atom. The van der Waals surface area contributed by atoms with Crippen molar-refractivity contribution in [2.24, 2.45) is 0 Å². The van der Waals surface area contributed by atoms with Crippen LogP contribution < -0.4 is 5.32 Å². The van der Waals surface area contributed by atoms with Crippen molar-refractivity contribution in [3.63, 3.8) is 0 Å². The molecule has 2 aromatic rings. The van der Waals surface area contributed by atoms with E-state index in [4.69, 9.17) is 24.2 Å². The number of rotatable bonds is 3. The van der Waals surface area contributed by atoms with E-state index in [1.54, 1.807) is 6.26 Å². The highest BCUT2D eigenvalue weighted by molar-refractivity contribution is 5.81. The SMILES string of the molecule is O=C(O)C(F)(F)F.O=C(O)C(F)(F)F.O=C1CC(c2ccncc2)C2(CCN(Cc3ccco3)CC2)N1. The van der Waals surface area contributed by atoms with Gasteiger partial charge >= 0.3 is 24.3 Å². The molecule has 37 heavy (non-hydrogen) atoms. The summed E-state index contributed by atoms with van der Waals surface area (Å²) in [5, 5.41) is 17.5. The number of amides is 1. The molecule has 0 saturated carbocycles. The third kappa shape index (κ3) is 8.77. The molecule has 0 aliphatic carbocycles. The Labute approximate surface area is 206 Å². The lowest BCUT2D eigenvalue weighted by Crippen LogP contribution is -2.53. The van der Waals surface area contributed by atoms with Crippen LogP contribution >= 0.6 is 0 Å². The van der Waals surface area contributed by atoms with Crippen LogP contribution in [0.25, 0.3) is 0 Å². The van der Waals surface area contributed by atoms with Crippen LogP contribution in [0.4, 0.5) is 26.3 Å². The predicted octanol–water partition coefficient (Wildman–Crippen LogP) is 3.58. The average molecular weight is 539 g/mol. The number of carboxylic acids is 2. The van der Waals surface area contributed by atoms with Gasteiger partial charge in [0.1, 0.15) is 5.76 Å². The number of aromatic nitrogens is 1. The Kier molecular flexibility index (Phi) is 9.67. The molecule has 1 spiro atoms. The summed E-state index contributed by atoms with van der Waals surface area (Å²) in [6, 6.07) is 8.03. The zero-order valence-corrected chi connectivity index (χ0v) is 19.1. The number of piperidine rings is 1. The van der Waals surface area contributed by atoms with E-state index in [-0.39, 0.29) is 17.4 Å². The number of halogens is 6. The third-order valence-electron chi connectivity index (χ3n) is 5.75. The van der Waals surface area contributed by atoms with Crippen LogP contribution in [0.1, 0.15) is 36.5 Å². The Morgan fingerprint density at radius 2 is 1.54 bits per heavy atom. The summed E-state index contributed by atoms with van der Waals surface area (Å²) in [6.45, 7) is 2.79. The summed E-state index contributed by atoms with van der Waals surface area (Å²) in [4.78, 5) is 36.4. The van der Waals surface area contributed by atoms with Crippen LogP contribution in [0.3, 0.4) is 0 Å². The predicted molar refractivity (Wildman–Crippen MR) is 113 cm³/mol. The van der Waals surface area contributed by atoms with Crippen molar-refractivity contribution in [2.45, 2.75) is 49.6 Å². The van der Waals surface area contributed by atoms with Crippen molar-refractivity contribution in [2.75, 3.05) is 13.1 Å². The van der Waals surface area contributed by atoms with E-state index in [0.29, 0.717) is 6.42 Å². The summed E-state index contributed by atoms with van der Waals surface area (Å²) in [5.74, 6) is -4.09. The van der Waals surface area contributed by atoms with Gasteiger partial charge in [-0.1, -0.05) is 0 Å². The lowest BCUT2D eigenvalue weighted by Gasteiger charge is -2.42. The summed E-state index contributed by atoms with van der Waals surface area (Å²) in [5.41, 5.74) is 1.12. The first-order chi connectivity index (χ1) is 17.1. The van der Waals surface area contributed by atoms with Crippen molar-refractivity contribution >= 4 is 17.8 Å². The van der Waals surface area contributed by atoms with Crippen LogP contribution in [0.2, 0.25) is 0 Å². The van der Waals surface area contributed by atoms with Gasteiger partial charge in [-0.15, -0.1) is 0 Å². The smallest absolute Gasteiger partial charge is 0.475 e. The fourth-order valence-corrected chi connectivity index (χ4v) is 4.04. The van der Waals surface area contributed by atoms with E-state index < -0.39 is 24.3 Å². The number of likely N-dealkylation sites (tertiary alicyclic amines) is 1. The van der Waals surface area contributed by atoms with Gasteiger partial charge in [-0.05, 0) is 42.7 Å². The molecule has 4 rings (SSSR count). The Hall–Kier alpha value is -3.62. The molecule has 2 aliphatic heterocycles. The van der Waals surface area contributed by atoms with Gasteiger partial charge in [0.2, 0.25) is 5.91 Å². The van der Waals surface area contributed by atoms with Crippen molar-refractivity contribution in [3.8, 4) is 0 Å². The minimum absolute atomic E-state index is 0.0991. The molecule has 1 atom stereocenters. The maximum atomic E-state index is 12.1. The van der Waals surface area contributed by atoms with Gasteiger partial charge in [0.25, 0.3) is 0 Å². The quantitative estimate of drug-likeness (QED) is 0.505. The zero-order valence-electron chi connectivity index (χ0n) is 19.1. The molecule has 15 heteroatoms. The van der Waals surface area contributed by atoms with E-state index >= 15 is 0 Å². The van der Waals surface area contributed by atoms with Crippen molar-refractivity contribution in [1.82, 2.24) is 15.2 Å². The maximum absolute atomic E-state index is 12.1. The first kappa shape index (κ1) is 29.6. The number of hydrogen-bond acceptors (Lipinski definition) is 6. The number of alkyl halides is 6. The third-order valence-corrected chi connectivity index (χ3v) is 5.75. The number of nitrogens with one attached hydrogen (secondary N) is 1. The lowest BCUT2D eigenvalue weighted by molar-refractivity contribution is -0.193. The number of nitrogens with zero attached hydrogens (tertiary/aromatic N) is 2. The number of carboxylic acid groups (broad SMARTS) is 2. The van der Waals surface area contributed by atoms with Crippen LogP contribution in [0.15, 0.2) is 47.3 Å². The zero-order chi connectivity index (χ0) is 27.9. The second-order valence-electron chi connectivity index (χ2n) is 8.20. The van der Waals surface area contributed by atoms with Crippen molar-refractivity contribution in [1.29, 1.82) is 0 Å². The van der Waals surface area contributed by atoms with Gasteiger partial charge in [0.05, 0.1) is 12.8 Å². The van der Waals surface area contributed by atoms with Gasteiger partial charge in [-0.25, -0.2) is 9.59 Å². The van der Waals surface area contributed by atoms with Gasteiger partial charge < -0.3 is 19.9 Å². The monoisotopic (exact) mass is 539 g/mol. The Balaban J connectivity index is 0.000000286. The topological polar surface area (TPSA) is 133 Å². The molecule has 2 aliphatic rings. The van der Waals surface area contributed by atoms with Crippen molar-refractivity contribution in [3.05, 3.63) is 54.2 Å². The second-order valence-corrected chi connectivity index (χ2v) is 8.20. The van der Waals surface area contributed by atoms with Crippen LogP contribution in [-0.4, -0.2) is 68.9 Å². The average Bonchev–Trinajstić information content (AvgIpc) is 3.43. The molecular weight excluding hydrogens is 516 g/mol. The number of carbonyl (C=O) groups excluding carboxylic acids is 1. The molecule has 204 valence electrons. The Morgan fingerprint density at radius 1 is 1.03 bits per heavy atom. The van der Waals surface area contributed by atoms with Gasteiger partial charge in [0, 0.05) is 43.4 Å². The number of pyridine rings is 1. The molecule has 2 saturated heterocycles. The molecule has 1 amide bonds. The molecule has 3 N–H and O–H groups in total. The fraction of sp³-hybridized carbons (Fsp3) is 0.455. The molecule has 4 heterocycles. The van der Waals surface area contributed by atoms with Crippen LogP contribution in [0.5, 0.6) is 0 Å². The Bertz CT molecular complexity index is 1010. The minimum Gasteiger partial charge on any atom is -0.475 e. The van der Waals surface area contributed by atoms with E-state index in [2.05, 4.69) is 15.2 Å².